The van der Waals surface area contributed by atoms with Gasteiger partial charge in [-0.25, -0.2) is 57.1 Å². The molecule has 3 aromatic carbocycles. The summed E-state index contributed by atoms with van der Waals surface area (Å²) in [6, 6.07) is -0.402. The Morgan fingerprint density at radius 3 is 1.28 bits per heavy atom. The van der Waals surface area contributed by atoms with E-state index in [1.165, 1.54) is 0 Å². The lowest BCUT2D eigenvalue weighted by atomic mass is 9.84. The van der Waals surface area contributed by atoms with E-state index in [1.54, 1.807) is 0 Å². The van der Waals surface area contributed by atoms with Crippen molar-refractivity contribution < 1.29 is 57.1 Å². The molecule has 0 saturated carbocycles. The summed E-state index contributed by atoms with van der Waals surface area (Å²) in [5.74, 6) is -32.7. The first-order valence-electron chi connectivity index (χ1n) is 8.03. The van der Waals surface area contributed by atoms with E-state index in [1.807, 2.05) is 0 Å². The largest absolute Gasteiger partial charge is 0.228 e. The highest BCUT2D eigenvalue weighted by atomic mass is 19.2. The monoisotopic (exact) mass is 476 g/mol. The minimum Gasteiger partial charge on any atom is -0.228 e. The molecule has 0 saturated heterocycles. The number of benzene rings is 3. The Morgan fingerprint density at radius 1 is 0.406 bits per heavy atom. The summed E-state index contributed by atoms with van der Waals surface area (Å²) in [7, 11) is 0. The Bertz CT molecular complexity index is 1330. The van der Waals surface area contributed by atoms with E-state index in [0.717, 1.165) is 0 Å². The van der Waals surface area contributed by atoms with Gasteiger partial charge in [-0.1, -0.05) is 0 Å². The average Bonchev–Trinajstić information content (AvgIpc) is 3.01. The number of hydrogen-bond donors (Lipinski definition) is 0. The predicted octanol–water partition coefficient (Wildman–Crippen LogP) is 6.60. The molecule has 1 unspecified atom stereocenters. The van der Waals surface area contributed by atoms with Crippen LogP contribution in [0.25, 0.3) is 11.1 Å². The molecule has 0 nitrogen and oxygen atoms in total. The molecule has 1 aliphatic carbocycles. The summed E-state index contributed by atoms with van der Waals surface area (Å²) in [5.41, 5.74) is -15.4. The summed E-state index contributed by atoms with van der Waals surface area (Å²) in [6.07, 6.45) is 0. The Hall–Kier alpha value is -3.25. The second-order valence-corrected chi connectivity index (χ2v) is 6.52. The van der Waals surface area contributed by atoms with E-state index in [-0.39, 0.29) is 0 Å². The summed E-state index contributed by atoms with van der Waals surface area (Å²) in [5, 5.41) is 0. The third-order valence-electron chi connectivity index (χ3n) is 4.95. The van der Waals surface area contributed by atoms with Crippen molar-refractivity contribution in [3.8, 4) is 11.1 Å². The summed E-state index contributed by atoms with van der Waals surface area (Å²) < 4.78 is 184. The highest BCUT2D eigenvalue weighted by Gasteiger charge is 2.56. The van der Waals surface area contributed by atoms with Crippen LogP contribution in [0.2, 0.25) is 0 Å². The lowest BCUT2D eigenvalue weighted by Crippen LogP contribution is -2.28. The van der Waals surface area contributed by atoms with Crippen molar-refractivity contribution in [3.05, 3.63) is 92.6 Å². The fourth-order valence-electron chi connectivity index (χ4n) is 3.60. The normalized spacial score (nSPS) is 17.0. The van der Waals surface area contributed by atoms with E-state index >= 15 is 4.39 Å². The Kier molecular flexibility index (Phi) is 4.55. The molecular weight excluding hydrogens is 475 g/mol. The maximum absolute atomic E-state index is 16.2. The van der Waals surface area contributed by atoms with Crippen molar-refractivity contribution in [2.24, 2.45) is 0 Å². The van der Waals surface area contributed by atoms with Crippen molar-refractivity contribution in [2.45, 2.75) is 5.67 Å². The molecule has 0 aromatic heterocycles. The number of fused-ring (bicyclic) bond motifs is 3. The topological polar surface area (TPSA) is 0 Å². The molecule has 0 bridgehead atoms. The highest BCUT2D eigenvalue weighted by molar-refractivity contribution is 5.84. The molecule has 32 heavy (non-hydrogen) atoms. The van der Waals surface area contributed by atoms with Gasteiger partial charge in [-0.2, -0.15) is 0 Å². The van der Waals surface area contributed by atoms with Gasteiger partial charge in [0, 0.05) is 22.3 Å². The standard InChI is InChI=1S/C19HF13/c20-3-1-2-4(9(22)8(3)21)5-6(11(24)15(28)14(27)10(5)23)19(2,32)7-12(25)16(29)18(31)17(30)13(7)26/h1H. The van der Waals surface area contributed by atoms with Gasteiger partial charge >= 0.3 is 0 Å². The third kappa shape index (κ3) is 2.36. The molecule has 4 rings (SSSR count). The van der Waals surface area contributed by atoms with Crippen LogP contribution in [0.5, 0.6) is 0 Å². The number of alkyl halides is 1. The SMILES string of the molecule is Fc1cc2c(c(F)c1F)-c1c(F)c(F)c(F)c(F)c1C2(F)c1c(F)c(F)c(F)c(F)c1F. The number of rotatable bonds is 1. The lowest BCUT2D eigenvalue weighted by Gasteiger charge is -2.25. The van der Waals surface area contributed by atoms with Crippen LogP contribution in [0.15, 0.2) is 6.07 Å². The van der Waals surface area contributed by atoms with Crippen molar-refractivity contribution in [3.63, 3.8) is 0 Å². The maximum Gasteiger partial charge on any atom is 0.200 e. The van der Waals surface area contributed by atoms with Crippen LogP contribution < -0.4 is 0 Å². The van der Waals surface area contributed by atoms with E-state index in [9.17, 15) is 52.7 Å². The fraction of sp³-hybridized carbons (Fsp3) is 0.0526. The van der Waals surface area contributed by atoms with E-state index in [0.29, 0.717) is 0 Å². The zero-order valence-corrected chi connectivity index (χ0v) is 14.5. The van der Waals surface area contributed by atoms with Crippen molar-refractivity contribution >= 4 is 0 Å². The van der Waals surface area contributed by atoms with Crippen molar-refractivity contribution in [1.82, 2.24) is 0 Å². The van der Waals surface area contributed by atoms with Crippen LogP contribution in [0.3, 0.4) is 0 Å². The predicted molar refractivity (Wildman–Crippen MR) is 78.8 cm³/mol. The van der Waals surface area contributed by atoms with Gasteiger partial charge in [-0.3, -0.25) is 0 Å². The van der Waals surface area contributed by atoms with Crippen LogP contribution in [0.4, 0.5) is 57.1 Å². The maximum atomic E-state index is 16.2. The van der Waals surface area contributed by atoms with Gasteiger partial charge in [0.05, 0.1) is 5.56 Å². The minimum atomic E-state index is -4.72. The van der Waals surface area contributed by atoms with Crippen molar-refractivity contribution in [2.75, 3.05) is 0 Å². The molecule has 0 spiro atoms. The Labute approximate surface area is 167 Å². The number of hydrogen-bond acceptors (Lipinski definition) is 0. The van der Waals surface area contributed by atoms with Gasteiger partial charge in [0.2, 0.25) is 5.82 Å². The van der Waals surface area contributed by atoms with Crippen LogP contribution in [0, 0.1) is 69.8 Å². The fourth-order valence-corrected chi connectivity index (χ4v) is 3.60. The van der Waals surface area contributed by atoms with E-state index < -0.39 is 109 Å². The molecule has 1 atom stereocenters. The zero-order valence-electron chi connectivity index (χ0n) is 14.5. The van der Waals surface area contributed by atoms with E-state index in [4.69, 9.17) is 0 Å². The Morgan fingerprint density at radius 2 is 0.781 bits per heavy atom. The van der Waals surface area contributed by atoms with Gasteiger partial charge in [-0.15, -0.1) is 0 Å². The molecule has 0 radical (unpaired) electrons. The molecular formula is C19HF13. The molecule has 3 aromatic rings. The lowest BCUT2D eigenvalue weighted by molar-refractivity contribution is 0.241. The molecule has 168 valence electrons. The first-order chi connectivity index (χ1) is 14.8. The molecule has 0 amide bonds. The second-order valence-electron chi connectivity index (χ2n) is 6.52. The second kappa shape index (κ2) is 6.62. The molecule has 13 heteroatoms. The minimum absolute atomic E-state index is 0.402. The highest BCUT2D eigenvalue weighted by Crippen LogP contribution is 2.58. The molecule has 0 heterocycles. The third-order valence-corrected chi connectivity index (χ3v) is 4.95. The number of halogens is 13. The van der Waals surface area contributed by atoms with Crippen LogP contribution >= 0.6 is 0 Å². The van der Waals surface area contributed by atoms with Crippen LogP contribution in [-0.4, -0.2) is 0 Å². The van der Waals surface area contributed by atoms with Crippen LogP contribution in [0.1, 0.15) is 16.7 Å². The molecule has 1 aliphatic rings. The summed E-state index contributed by atoms with van der Waals surface area (Å²) >= 11 is 0. The summed E-state index contributed by atoms with van der Waals surface area (Å²) in [6.45, 7) is 0. The Balaban J connectivity index is 2.34. The molecule has 0 aliphatic heterocycles. The quantitative estimate of drug-likeness (QED) is 0.211. The zero-order chi connectivity index (χ0) is 24.0. The van der Waals surface area contributed by atoms with Gasteiger partial charge < -0.3 is 0 Å². The average molecular weight is 476 g/mol. The van der Waals surface area contributed by atoms with Crippen LogP contribution in [-0.2, 0) is 5.67 Å². The smallest absolute Gasteiger partial charge is 0.200 e. The molecule has 0 fully saturated rings. The van der Waals surface area contributed by atoms with Gasteiger partial charge in [0.1, 0.15) is 0 Å². The first-order valence-corrected chi connectivity index (χ1v) is 8.03. The first kappa shape index (κ1) is 22.0. The van der Waals surface area contributed by atoms with Crippen molar-refractivity contribution in [1.29, 1.82) is 0 Å². The van der Waals surface area contributed by atoms with Gasteiger partial charge in [-0.05, 0) is 6.07 Å². The summed E-state index contributed by atoms with van der Waals surface area (Å²) in [4.78, 5) is 0. The molecule has 0 N–H and O–H groups in total. The van der Waals surface area contributed by atoms with Gasteiger partial charge in [0.15, 0.2) is 69.7 Å². The van der Waals surface area contributed by atoms with Gasteiger partial charge in [0.25, 0.3) is 0 Å². The van der Waals surface area contributed by atoms with E-state index in [2.05, 4.69) is 0 Å².